The highest BCUT2D eigenvalue weighted by atomic mass is 19.4. The van der Waals surface area contributed by atoms with Crippen LogP contribution in [0.4, 0.5) is 24.7 Å². The van der Waals surface area contributed by atoms with Gasteiger partial charge in [0.15, 0.2) is 0 Å². The number of aromatic nitrogens is 2. The molecule has 1 saturated heterocycles. The predicted molar refractivity (Wildman–Crippen MR) is 153 cm³/mol. The lowest BCUT2D eigenvalue weighted by Crippen LogP contribution is -2.44. The number of benzene rings is 2. The first kappa shape index (κ1) is 28.6. The van der Waals surface area contributed by atoms with Crippen LogP contribution in [0.25, 0.3) is 10.8 Å². The highest BCUT2D eigenvalue weighted by molar-refractivity contribution is 6.04. The Morgan fingerprint density at radius 2 is 1.79 bits per heavy atom. The summed E-state index contributed by atoms with van der Waals surface area (Å²) in [5.74, 6) is 5.60. The van der Waals surface area contributed by atoms with Crippen LogP contribution < -0.4 is 11.1 Å². The number of amides is 1. The van der Waals surface area contributed by atoms with Crippen molar-refractivity contribution in [3.63, 3.8) is 0 Å². The molecule has 0 spiro atoms. The number of hydrogen-bond donors (Lipinski definition) is 2. The number of likely N-dealkylation sites (N-methyl/N-ethyl adjacent to an activating group) is 1. The topological polar surface area (TPSA) is 111 Å². The average molecular weight is 570 g/mol. The van der Waals surface area contributed by atoms with Gasteiger partial charge in [0.25, 0.3) is 5.91 Å². The summed E-state index contributed by atoms with van der Waals surface area (Å²) in [5, 5.41) is 13.1. The van der Waals surface area contributed by atoms with Crippen LogP contribution in [0, 0.1) is 23.2 Å². The third-order valence-electron chi connectivity index (χ3n) is 7.05. The van der Waals surface area contributed by atoms with Gasteiger partial charge in [0.1, 0.15) is 5.82 Å². The molecule has 0 aliphatic carbocycles. The number of nitrogens with one attached hydrogen (secondary N) is 1. The van der Waals surface area contributed by atoms with Crippen LogP contribution in [0.2, 0.25) is 0 Å². The minimum Gasteiger partial charge on any atom is -0.383 e. The molecule has 4 aromatic rings. The molecular weight excluding hydrogens is 543 g/mol. The highest BCUT2D eigenvalue weighted by Gasteiger charge is 2.34. The van der Waals surface area contributed by atoms with Crippen molar-refractivity contribution in [3.8, 4) is 17.9 Å². The van der Waals surface area contributed by atoms with E-state index in [9.17, 15) is 23.2 Å². The summed E-state index contributed by atoms with van der Waals surface area (Å²) < 4.78 is 41.9. The van der Waals surface area contributed by atoms with Gasteiger partial charge in [0, 0.05) is 73.3 Å². The monoisotopic (exact) mass is 569 g/mol. The van der Waals surface area contributed by atoms with E-state index in [2.05, 4.69) is 38.1 Å². The molecule has 5 rings (SSSR count). The van der Waals surface area contributed by atoms with Gasteiger partial charge in [-0.25, -0.2) is 4.98 Å². The molecule has 42 heavy (non-hydrogen) atoms. The van der Waals surface area contributed by atoms with Gasteiger partial charge in [-0.1, -0.05) is 17.9 Å². The average Bonchev–Trinajstić information content (AvgIpc) is 2.98. The van der Waals surface area contributed by atoms with Gasteiger partial charge in [-0.3, -0.25) is 14.7 Å². The van der Waals surface area contributed by atoms with Gasteiger partial charge in [-0.05, 0) is 49.0 Å². The van der Waals surface area contributed by atoms with Gasteiger partial charge in [-0.2, -0.15) is 18.4 Å². The Hall–Kier alpha value is -4.97. The van der Waals surface area contributed by atoms with Crippen molar-refractivity contribution < 1.29 is 18.0 Å². The molecule has 0 saturated carbocycles. The number of nitrogens with zero attached hydrogens (tertiary/aromatic N) is 5. The first-order valence-corrected chi connectivity index (χ1v) is 13.1. The Morgan fingerprint density at radius 3 is 2.52 bits per heavy atom. The van der Waals surface area contributed by atoms with Crippen LogP contribution >= 0.6 is 0 Å². The summed E-state index contributed by atoms with van der Waals surface area (Å²) in [7, 11) is 1.99. The molecule has 212 valence electrons. The van der Waals surface area contributed by atoms with E-state index >= 15 is 0 Å². The SMILES string of the molecule is CN1CCN(Cc2ccc(NC(=O)c3cncc(C#Cc4cnc(N)c5ccc(C#N)cc45)c3)cc2C(F)(F)F)CC1. The molecule has 0 bridgehead atoms. The number of nitrogens with two attached hydrogens (primary N) is 1. The van der Waals surface area contributed by atoms with E-state index in [0.29, 0.717) is 46.4 Å². The molecule has 1 aliphatic heterocycles. The number of piperazine rings is 1. The Kier molecular flexibility index (Phi) is 8.07. The fraction of sp³-hybridized carbons (Fsp3) is 0.226. The maximum Gasteiger partial charge on any atom is 0.416 e. The van der Waals surface area contributed by atoms with Crippen molar-refractivity contribution in [1.82, 2.24) is 19.8 Å². The number of nitrogen functional groups attached to an aromatic ring is 1. The van der Waals surface area contributed by atoms with Crippen LogP contribution in [0.5, 0.6) is 0 Å². The lowest BCUT2D eigenvalue weighted by atomic mass is 10.0. The Bertz CT molecular complexity index is 1760. The molecule has 3 N–H and O–H groups in total. The molecule has 0 unspecified atom stereocenters. The molecule has 0 radical (unpaired) electrons. The second-order valence-corrected chi connectivity index (χ2v) is 10.0. The highest BCUT2D eigenvalue weighted by Crippen LogP contribution is 2.35. The zero-order chi connectivity index (χ0) is 29.9. The van der Waals surface area contributed by atoms with E-state index in [0.717, 1.165) is 19.2 Å². The first-order chi connectivity index (χ1) is 20.1. The lowest BCUT2D eigenvalue weighted by molar-refractivity contribution is -0.138. The Balaban J connectivity index is 1.36. The number of carbonyl (C=O) groups is 1. The Morgan fingerprint density at radius 1 is 1.00 bits per heavy atom. The molecular formula is C31H26F3N7O. The fourth-order valence-electron chi connectivity index (χ4n) is 4.71. The molecule has 3 heterocycles. The molecule has 2 aromatic carbocycles. The number of pyridine rings is 2. The zero-order valence-corrected chi connectivity index (χ0v) is 22.7. The zero-order valence-electron chi connectivity index (χ0n) is 22.7. The molecule has 8 nitrogen and oxygen atoms in total. The summed E-state index contributed by atoms with van der Waals surface area (Å²) in [6, 6.07) is 12.5. The normalized spacial score (nSPS) is 14.2. The minimum absolute atomic E-state index is 0.0265. The summed E-state index contributed by atoms with van der Waals surface area (Å²) in [5.41, 5.74) is 6.88. The summed E-state index contributed by atoms with van der Waals surface area (Å²) in [6.07, 6.45) is -0.297. The second-order valence-electron chi connectivity index (χ2n) is 10.0. The maximum absolute atomic E-state index is 14.0. The summed E-state index contributed by atoms with van der Waals surface area (Å²) in [6.45, 7) is 3.14. The van der Waals surface area contributed by atoms with Crippen molar-refractivity contribution in [1.29, 1.82) is 5.26 Å². The molecule has 2 aromatic heterocycles. The van der Waals surface area contributed by atoms with E-state index in [-0.39, 0.29) is 23.4 Å². The third-order valence-corrected chi connectivity index (χ3v) is 7.05. The number of hydrogen-bond acceptors (Lipinski definition) is 7. The van der Waals surface area contributed by atoms with E-state index in [1.165, 1.54) is 36.8 Å². The smallest absolute Gasteiger partial charge is 0.383 e. The fourth-order valence-corrected chi connectivity index (χ4v) is 4.71. The van der Waals surface area contributed by atoms with Gasteiger partial charge in [0.2, 0.25) is 0 Å². The lowest BCUT2D eigenvalue weighted by Gasteiger charge is -2.33. The maximum atomic E-state index is 14.0. The van der Waals surface area contributed by atoms with Crippen LogP contribution in [0.15, 0.2) is 61.1 Å². The minimum atomic E-state index is -4.57. The van der Waals surface area contributed by atoms with E-state index in [1.54, 1.807) is 18.2 Å². The van der Waals surface area contributed by atoms with Crippen molar-refractivity contribution in [2.75, 3.05) is 44.3 Å². The summed E-state index contributed by atoms with van der Waals surface area (Å²) in [4.78, 5) is 25.3. The van der Waals surface area contributed by atoms with Gasteiger partial charge < -0.3 is 16.0 Å². The Labute approximate surface area is 240 Å². The van der Waals surface area contributed by atoms with Gasteiger partial charge >= 0.3 is 6.18 Å². The number of halogens is 3. The summed E-state index contributed by atoms with van der Waals surface area (Å²) >= 11 is 0. The van der Waals surface area contributed by atoms with Gasteiger partial charge in [-0.15, -0.1) is 0 Å². The molecule has 0 atom stereocenters. The van der Waals surface area contributed by atoms with Crippen LogP contribution in [-0.4, -0.2) is 58.9 Å². The second kappa shape index (κ2) is 11.9. The third kappa shape index (κ3) is 6.50. The standard InChI is InChI=1S/C31H26F3N7O/c1-40-8-10-41(11-9-40)19-23-5-6-25(14-28(23)31(32,33)34)39-30(42)24-12-21(16-37-17-24)2-4-22-18-38-29(36)26-7-3-20(15-35)13-27(22)26/h3,5-7,12-14,16-18H,8-11,19H2,1H3,(H2,36,38)(H,39,42). The van der Waals surface area contributed by atoms with Crippen LogP contribution in [-0.2, 0) is 12.7 Å². The quantitative estimate of drug-likeness (QED) is 0.348. The molecule has 1 amide bonds. The van der Waals surface area contributed by atoms with E-state index in [4.69, 9.17) is 5.73 Å². The number of carbonyl (C=O) groups excluding carboxylic acids is 1. The van der Waals surface area contributed by atoms with Gasteiger partial charge in [0.05, 0.1) is 28.3 Å². The van der Waals surface area contributed by atoms with Crippen LogP contribution in [0.1, 0.15) is 38.2 Å². The van der Waals surface area contributed by atoms with Crippen molar-refractivity contribution >= 4 is 28.2 Å². The number of fused-ring (bicyclic) bond motifs is 1. The number of nitriles is 1. The van der Waals surface area contributed by atoms with Crippen molar-refractivity contribution in [2.24, 2.45) is 0 Å². The predicted octanol–water partition coefficient (Wildman–Crippen LogP) is 4.50. The van der Waals surface area contributed by atoms with E-state index in [1.807, 2.05) is 11.9 Å². The number of alkyl halides is 3. The molecule has 1 aliphatic rings. The molecule has 11 heteroatoms. The van der Waals surface area contributed by atoms with E-state index < -0.39 is 17.6 Å². The number of anilines is 2. The van der Waals surface area contributed by atoms with Crippen molar-refractivity contribution in [3.05, 3.63) is 94.4 Å². The number of rotatable bonds is 4. The largest absolute Gasteiger partial charge is 0.416 e. The van der Waals surface area contributed by atoms with Crippen LogP contribution in [0.3, 0.4) is 0 Å². The first-order valence-electron chi connectivity index (χ1n) is 13.1. The molecule has 1 fully saturated rings. The van der Waals surface area contributed by atoms with Crippen molar-refractivity contribution in [2.45, 2.75) is 12.7 Å².